The van der Waals surface area contributed by atoms with E-state index in [4.69, 9.17) is 0 Å². The number of benzene rings is 1. The normalized spacial score (nSPS) is 26.3. The van der Waals surface area contributed by atoms with Gasteiger partial charge in [0.15, 0.2) is 0 Å². The summed E-state index contributed by atoms with van der Waals surface area (Å²) in [6, 6.07) is 8.03. The monoisotopic (exact) mass is 322 g/mol. The molecule has 2 atom stereocenters. The van der Waals surface area contributed by atoms with Crippen LogP contribution in [0.4, 0.5) is 0 Å². The Morgan fingerprint density at radius 3 is 2.74 bits per heavy atom. The van der Waals surface area contributed by atoms with E-state index in [9.17, 15) is 4.79 Å². The molecule has 19 heavy (non-hydrogen) atoms. The molecule has 2 fully saturated rings. The van der Waals surface area contributed by atoms with Gasteiger partial charge in [-0.2, -0.15) is 0 Å². The average molecular weight is 323 g/mol. The smallest absolute Gasteiger partial charge is 0.227 e. The Labute approximate surface area is 122 Å². The largest absolute Gasteiger partial charge is 0.342 e. The first-order valence-electron chi connectivity index (χ1n) is 6.93. The van der Waals surface area contributed by atoms with Crippen LogP contribution in [0.3, 0.4) is 0 Å². The molecule has 102 valence electrons. The quantitative estimate of drug-likeness (QED) is 0.904. The Kier molecular flexibility index (Phi) is 3.89. The van der Waals surface area contributed by atoms with Crippen LogP contribution in [0.5, 0.6) is 0 Å². The molecule has 2 bridgehead atoms. The van der Waals surface area contributed by atoms with Crippen molar-refractivity contribution in [1.82, 2.24) is 10.2 Å². The second kappa shape index (κ2) is 5.63. The van der Waals surface area contributed by atoms with E-state index in [-0.39, 0.29) is 5.91 Å². The molecule has 1 amide bonds. The van der Waals surface area contributed by atoms with Gasteiger partial charge in [-0.05, 0) is 49.0 Å². The molecule has 2 saturated heterocycles. The molecule has 2 aliphatic rings. The lowest BCUT2D eigenvalue weighted by molar-refractivity contribution is -0.133. The van der Waals surface area contributed by atoms with Crippen molar-refractivity contribution in [3.8, 4) is 0 Å². The van der Waals surface area contributed by atoms with Crippen molar-refractivity contribution < 1.29 is 4.79 Å². The lowest BCUT2D eigenvalue weighted by atomic mass is 9.85. The number of fused-ring (bicyclic) bond motifs is 2. The fourth-order valence-electron chi connectivity index (χ4n) is 3.24. The minimum atomic E-state index is 0.273. The first kappa shape index (κ1) is 13.1. The number of nitrogens with one attached hydrogen (secondary N) is 1. The fraction of sp³-hybridized carbons (Fsp3) is 0.533. The van der Waals surface area contributed by atoms with Crippen LogP contribution in [0.25, 0.3) is 0 Å². The molecule has 0 aliphatic carbocycles. The average Bonchev–Trinajstić information content (AvgIpc) is 2.38. The van der Waals surface area contributed by atoms with Crippen molar-refractivity contribution in [2.24, 2.45) is 11.8 Å². The highest BCUT2D eigenvalue weighted by molar-refractivity contribution is 9.10. The number of amides is 1. The zero-order valence-electron chi connectivity index (χ0n) is 10.9. The SMILES string of the molecule is O=C(Cc1cccc(Br)c1)N1CC2CNCC(C2)C1. The number of carbonyl (C=O) groups is 1. The Bertz CT molecular complexity index is 465. The molecular formula is C15H19BrN2O. The minimum Gasteiger partial charge on any atom is -0.342 e. The molecule has 4 heteroatoms. The summed E-state index contributed by atoms with van der Waals surface area (Å²) >= 11 is 3.45. The zero-order chi connectivity index (χ0) is 13.2. The third-order valence-corrected chi connectivity index (χ3v) is 4.58. The predicted octanol–water partition coefficient (Wildman–Crippen LogP) is 2.06. The van der Waals surface area contributed by atoms with Gasteiger partial charge >= 0.3 is 0 Å². The molecule has 1 N–H and O–H groups in total. The van der Waals surface area contributed by atoms with Crippen LogP contribution in [-0.2, 0) is 11.2 Å². The van der Waals surface area contributed by atoms with Gasteiger partial charge < -0.3 is 10.2 Å². The summed E-state index contributed by atoms with van der Waals surface area (Å²) in [5.41, 5.74) is 1.09. The molecule has 3 nitrogen and oxygen atoms in total. The van der Waals surface area contributed by atoms with Gasteiger partial charge in [-0.3, -0.25) is 4.79 Å². The van der Waals surface area contributed by atoms with E-state index in [1.54, 1.807) is 0 Å². The first-order chi connectivity index (χ1) is 9.20. The molecule has 1 aromatic carbocycles. The molecule has 2 heterocycles. The van der Waals surface area contributed by atoms with Crippen LogP contribution >= 0.6 is 15.9 Å². The molecule has 0 saturated carbocycles. The zero-order valence-corrected chi connectivity index (χ0v) is 12.5. The number of carbonyl (C=O) groups excluding carboxylic acids is 1. The van der Waals surface area contributed by atoms with Crippen LogP contribution < -0.4 is 5.32 Å². The maximum absolute atomic E-state index is 12.4. The van der Waals surface area contributed by atoms with Gasteiger partial charge in [-0.25, -0.2) is 0 Å². The van der Waals surface area contributed by atoms with Crippen LogP contribution in [0.2, 0.25) is 0 Å². The number of halogens is 1. The Balaban J connectivity index is 1.64. The van der Waals surface area contributed by atoms with E-state index in [0.29, 0.717) is 18.3 Å². The summed E-state index contributed by atoms with van der Waals surface area (Å²) in [6.45, 7) is 3.99. The lowest BCUT2D eigenvalue weighted by Gasteiger charge is -2.41. The van der Waals surface area contributed by atoms with Crippen LogP contribution in [0, 0.1) is 11.8 Å². The Morgan fingerprint density at radius 1 is 1.32 bits per heavy atom. The van der Waals surface area contributed by atoms with Gasteiger partial charge in [0.2, 0.25) is 5.91 Å². The molecule has 3 rings (SSSR count). The Hall–Kier alpha value is -0.870. The molecule has 2 unspecified atom stereocenters. The third-order valence-electron chi connectivity index (χ3n) is 4.09. The Morgan fingerprint density at radius 2 is 2.05 bits per heavy atom. The molecule has 0 radical (unpaired) electrons. The maximum Gasteiger partial charge on any atom is 0.227 e. The minimum absolute atomic E-state index is 0.273. The van der Waals surface area contributed by atoms with Crippen molar-refractivity contribution in [3.05, 3.63) is 34.3 Å². The summed E-state index contributed by atoms with van der Waals surface area (Å²) in [6.07, 6.45) is 1.81. The van der Waals surface area contributed by atoms with E-state index in [1.165, 1.54) is 6.42 Å². The van der Waals surface area contributed by atoms with E-state index in [2.05, 4.69) is 26.1 Å². The topological polar surface area (TPSA) is 32.3 Å². The highest BCUT2D eigenvalue weighted by atomic mass is 79.9. The summed E-state index contributed by atoms with van der Waals surface area (Å²) in [7, 11) is 0. The molecule has 0 aromatic heterocycles. The first-order valence-corrected chi connectivity index (χ1v) is 7.73. The summed E-state index contributed by atoms with van der Waals surface area (Å²) in [5, 5.41) is 3.46. The molecule has 0 spiro atoms. The van der Waals surface area contributed by atoms with Crippen molar-refractivity contribution in [2.45, 2.75) is 12.8 Å². The summed E-state index contributed by atoms with van der Waals surface area (Å²) in [5.74, 6) is 1.58. The van der Waals surface area contributed by atoms with E-state index < -0.39 is 0 Å². The van der Waals surface area contributed by atoms with Gasteiger partial charge in [0.1, 0.15) is 0 Å². The van der Waals surface area contributed by atoms with Gasteiger partial charge in [0.25, 0.3) is 0 Å². The number of likely N-dealkylation sites (tertiary alicyclic amines) is 1. The second-order valence-electron chi connectivity index (χ2n) is 5.73. The van der Waals surface area contributed by atoms with E-state index in [0.717, 1.165) is 36.2 Å². The van der Waals surface area contributed by atoms with Crippen molar-refractivity contribution in [1.29, 1.82) is 0 Å². The number of nitrogens with zero attached hydrogens (tertiary/aromatic N) is 1. The highest BCUT2D eigenvalue weighted by Crippen LogP contribution is 2.25. The van der Waals surface area contributed by atoms with Gasteiger partial charge in [-0.15, -0.1) is 0 Å². The number of piperidine rings is 2. The van der Waals surface area contributed by atoms with Crippen LogP contribution in [0.15, 0.2) is 28.7 Å². The van der Waals surface area contributed by atoms with E-state index in [1.807, 2.05) is 24.3 Å². The van der Waals surface area contributed by atoms with Crippen molar-refractivity contribution >= 4 is 21.8 Å². The fourth-order valence-corrected chi connectivity index (χ4v) is 3.69. The second-order valence-corrected chi connectivity index (χ2v) is 6.65. The van der Waals surface area contributed by atoms with Gasteiger partial charge in [-0.1, -0.05) is 28.1 Å². The van der Waals surface area contributed by atoms with E-state index >= 15 is 0 Å². The molecule has 2 aliphatic heterocycles. The standard InChI is InChI=1S/C15H19BrN2O/c16-14-3-1-2-11(5-14)6-15(19)18-9-12-4-13(10-18)8-17-7-12/h1-3,5,12-13,17H,4,6-10H2. The highest BCUT2D eigenvalue weighted by Gasteiger charge is 2.32. The predicted molar refractivity (Wildman–Crippen MR) is 78.9 cm³/mol. The number of rotatable bonds is 2. The van der Waals surface area contributed by atoms with Crippen molar-refractivity contribution in [2.75, 3.05) is 26.2 Å². The van der Waals surface area contributed by atoms with Crippen LogP contribution in [0.1, 0.15) is 12.0 Å². The van der Waals surface area contributed by atoms with Gasteiger partial charge in [0.05, 0.1) is 6.42 Å². The number of hydrogen-bond acceptors (Lipinski definition) is 2. The van der Waals surface area contributed by atoms with Crippen LogP contribution in [-0.4, -0.2) is 37.0 Å². The lowest BCUT2D eigenvalue weighted by Crippen LogP contribution is -2.53. The molecular weight excluding hydrogens is 304 g/mol. The van der Waals surface area contributed by atoms with Crippen molar-refractivity contribution in [3.63, 3.8) is 0 Å². The maximum atomic E-state index is 12.4. The van der Waals surface area contributed by atoms with Gasteiger partial charge in [0, 0.05) is 17.6 Å². The summed E-state index contributed by atoms with van der Waals surface area (Å²) in [4.78, 5) is 14.5. The molecule has 1 aromatic rings. The summed E-state index contributed by atoms with van der Waals surface area (Å²) < 4.78 is 1.04. The third kappa shape index (κ3) is 3.18. The number of hydrogen-bond donors (Lipinski definition) is 1.